The van der Waals surface area contributed by atoms with E-state index >= 15 is 0 Å². The number of sulfonamides is 1. The zero-order valence-electron chi connectivity index (χ0n) is 18.6. The second-order valence-electron chi connectivity index (χ2n) is 7.04. The summed E-state index contributed by atoms with van der Waals surface area (Å²) < 4.78 is 43.7. The maximum atomic E-state index is 12.6. The van der Waals surface area contributed by atoms with Crippen LogP contribution in [0.4, 0.5) is 11.4 Å². The van der Waals surface area contributed by atoms with Crippen molar-refractivity contribution >= 4 is 27.3 Å². The number of anilines is 2. The first-order valence-electron chi connectivity index (χ1n) is 10.2. The molecule has 174 valence electrons. The molecular weight excluding hydrogens is 444 g/mol. The normalized spacial score (nSPS) is 11.8. The summed E-state index contributed by atoms with van der Waals surface area (Å²) in [6, 6.07) is 19.4. The van der Waals surface area contributed by atoms with E-state index in [9.17, 15) is 13.2 Å². The SMILES string of the molecule is CC[C@@H](Oc1ccc(OC)cc1)C(=O)Nc1ccc(S(=O)(=O)Nc2ccc(OC)cc2)cc1. The van der Waals surface area contributed by atoms with Gasteiger partial charge in [0.05, 0.1) is 19.1 Å². The first kappa shape index (κ1) is 23.9. The fourth-order valence-electron chi connectivity index (χ4n) is 2.95. The van der Waals surface area contributed by atoms with Gasteiger partial charge in [0.2, 0.25) is 0 Å². The van der Waals surface area contributed by atoms with E-state index in [2.05, 4.69) is 10.0 Å². The highest BCUT2D eigenvalue weighted by molar-refractivity contribution is 7.92. The van der Waals surface area contributed by atoms with Gasteiger partial charge in [0, 0.05) is 11.4 Å². The quantitative estimate of drug-likeness (QED) is 0.458. The average Bonchev–Trinajstić information content (AvgIpc) is 2.83. The van der Waals surface area contributed by atoms with Crippen molar-refractivity contribution in [2.24, 2.45) is 0 Å². The second-order valence-corrected chi connectivity index (χ2v) is 8.72. The molecule has 2 N–H and O–H groups in total. The van der Waals surface area contributed by atoms with Gasteiger partial charge in [-0.15, -0.1) is 0 Å². The Balaban J connectivity index is 1.63. The molecule has 1 amide bonds. The van der Waals surface area contributed by atoms with Gasteiger partial charge in [-0.05, 0) is 79.2 Å². The van der Waals surface area contributed by atoms with Crippen molar-refractivity contribution in [2.45, 2.75) is 24.3 Å². The molecular formula is C24H26N2O6S. The maximum absolute atomic E-state index is 12.6. The molecule has 0 bridgehead atoms. The van der Waals surface area contributed by atoms with Gasteiger partial charge in [0.15, 0.2) is 6.10 Å². The molecule has 0 fully saturated rings. The molecule has 0 unspecified atom stereocenters. The standard InChI is InChI=1S/C24H26N2O6S/c1-4-23(32-21-13-11-20(31-3)12-14-21)24(27)25-17-7-15-22(16-8-17)33(28,29)26-18-5-9-19(30-2)10-6-18/h5-16,23,26H,4H2,1-3H3,(H,25,27)/t23-/m1/s1. The summed E-state index contributed by atoms with van der Waals surface area (Å²) in [5, 5.41) is 2.76. The minimum Gasteiger partial charge on any atom is -0.497 e. The molecule has 3 rings (SSSR count). The summed E-state index contributed by atoms with van der Waals surface area (Å²) in [6.07, 6.45) is -0.255. The molecule has 9 heteroatoms. The van der Waals surface area contributed by atoms with Crippen LogP contribution in [0.25, 0.3) is 0 Å². The Hall–Kier alpha value is -3.72. The third-order valence-corrected chi connectivity index (χ3v) is 6.17. The van der Waals surface area contributed by atoms with Crippen LogP contribution in [0.5, 0.6) is 17.2 Å². The van der Waals surface area contributed by atoms with Gasteiger partial charge in [-0.2, -0.15) is 0 Å². The largest absolute Gasteiger partial charge is 0.497 e. The van der Waals surface area contributed by atoms with Crippen molar-refractivity contribution in [3.05, 3.63) is 72.8 Å². The number of carbonyl (C=O) groups is 1. The van der Waals surface area contributed by atoms with E-state index in [0.717, 1.165) is 0 Å². The third-order valence-electron chi connectivity index (χ3n) is 4.78. The van der Waals surface area contributed by atoms with Crippen LogP contribution in [-0.4, -0.2) is 34.6 Å². The van der Waals surface area contributed by atoms with E-state index in [0.29, 0.717) is 35.0 Å². The molecule has 0 aliphatic rings. The minimum atomic E-state index is -3.78. The maximum Gasteiger partial charge on any atom is 0.265 e. The van der Waals surface area contributed by atoms with Crippen molar-refractivity contribution in [3.63, 3.8) is 0 Å². The minimum absolute atomic E-state index is 0.0674. The molecule has 0 saturated heterocycles. The number of hydrogen-bond acceptors (Lipinski definition) is 6. The number of amides is 1. The Bertz CT molecular complexity index is 1160. The molecule has 3 aromatic carbocycles. The highest BCUT2D eigenvalue weighted by Crippen LogP contribution is 2.22. The third kappa shape index (κ3) is 6.39. The van der Waals surface area contributed by atoms with E-state index in [1.165, 1.54) is 31.4 Å². The van der Waals surface area contributed by atoms with Crippen LogP contribution in [0, 0.1) is 0 Å². The second kappa shape index (κ2) is 10.7. The van der Waals surface area contributed by atoms with Crippen molar-refractivity contribution in [1.29, 1.82) is 0 Å². The summed E-state index contributed by atoms with van der Waals surface area (Å²) in [5.41, 5.74) is 0.870. The number of nitrogens with one attached hydrogen (secondary N) is 2. The Labute approximate surface area is 193 Å². The van der Waals surface area contributed by atoms with Crippen molar-refractivity contribution in [2.75, 3.05) is 24.3 Å². The first-order chi connectivity index (χ1) is 15.8. The fraction of sp³-hybridized carbons (Fsp3) is 0.208. The van der Waals surface area contributed by atoms with Crippen LogP contribution in [0.2, 0.25) is 0 Å². The molecule has 0 radical (unpaired) electrons. The first-order valence-corrected chi connectivity index (χ1v) is 11.7. The zero-order valence-corrected chi connectivity index (χ0v) is 19.4. The average molecular weight is 471 g/mol. The van der Waals surface area contributed by atoms with Crippen molar-refractivity contribution < 1.29 is 27.4 Å². The van der Waals surface area contributed by atoms with E-state index in [1.54, 1.807) is 55.6 Å². The van der Waals surface area contributed by atoms with Crippen LogP contribution >= 0.6 is 0 Å². The molecule has 0 spiro atoms. The number of carbonyl (C=O) groups excluding carboxylic acids is 1. The summed E-state index contributed by atoms with van der Waals surface area (Å²) in [7, 11) is -0.676. The molecule has 0 aliphatic carbocycles. The van der Waals surface area contributed by atoms with Crippen LogP contribution in [-0.2, 0) is 14.8 Å². The lowest BCUT2D eigenvalue weighted by Crippen LogP contribution is -2.32. The lowest BCUT2D eigenvalue weighted by atomic mass is 10.2. The van der Waals surface area contributed by atoms with E-state index in [1.807, 2.05) is 6.92 Å². The Morgan fingerprint density at radius 1 is 0.788 bits per heavy atom. The number of rotatable bonds is 10. The molecule has 0 heterocycles. The number of ether oxygens (including phenoxy) is 3. The molecule has 3 aromatic rings. The van der Waals surface area contributed by atoms with E-state index in [4.69, 9.17) is 14.2 Å². The molecule has 0 saturated carbocycles. The number of methoxy groups -OCH3 is 2. The molecule has 0 aromatic heterocycles. The highest BCUT2D eigenvalue weighted by atomic mass is 32.2. The molecule has 0 aliphatic heterocycles. The summed E-state index contributed by atoms with van der Waals surface area (Å²) in [5.74, 6) is 1.53. The predicted octanol–water partition coefficient (Wildman–Crippen LogP) is 4.30. The topological polar surface area (TPSA) is 103 Å². The van der Waals surface area contributed by atoms with E-state index < -0.39 is 16.1 Å². The molecule has 8 nitrogen and oxygen atoms in total. The van der Waals surface area contributed by atoms with Gasteiger partial charge in [-0.1, -0.05) is 6.92 Å². The van der Waals surface area contributed by atoms with Crippen molar-refractivity contribution in [3.8, 4) is 17.2 Å². The Kier molecular flexibility index (Phi) is 7.78. The zero-order chi connectivity index (χ0) is 23.8. The summed E-state index contributed by atoms with van der Waals surface area (Å²) in [4.78, 5) is 12.7. The summed E-state index contributed by atoms with van der Waals surface area (Å²) in [6.45, 7) is 1.84. The number of benzene rings is 3. The monoisotopic (exact) mass is 470 g/mol. The van der Waals surface area contributed by atoms with Crippen LogP contribution < -0.4 is 24.2 Å². The fourth-order valence-corrected chi connectivity index (χ4v) is 4.01. The van der Waals surface area contributed by atoms with E-state index in [-0.39, 0.29) is 10.8 Å². The molecule has 1 atom stereocenters. The van der Waals surface area contributed by atoms with Crippen LogP contribution in [0.15, 0.2) is 77.7 Å². The Morgan fingerprint density at radius 3 is 1.79 bits per heavy atom. The van der Waals surface area contributed by atoms with Gasteiger partial charge < -0.3 is 19.5 Å². The Morgan fingerprint density at radius 2 is 1.27 bits per heavy atom. The summed E-state index contributed by atoms with van der Waals surface area (Å²) >= 11 is 0. The van der Waals surface area contributed by atoms with Crippen molar-refractivity contribution in [1.82, 2.24) is 0 Å². The van der Waals surface area contributed by atoms with Gasteiger partial charge in [-0.3, -0.25) is 9.52 Å². The van der Waals surface area contributed by atoms with Gasteiger partial charge in [0.25, 0.3) is 15.9 Å². The van der Waals surface area contributed by atoms with Gasteiger partial charge in [0.1, 0.15) is 17.2 Å². The highest BCUT2D eigenvalue weighted by Gasteiger charge is 2.19. The van der Waals surface area contributed by atoms with Gasteiger partial charge >= 0.3 is 0 Å². The van der Waals surface area contributed by atoms with Crippen LogP contribution in [0.3, 0.4) is 0 Å². The molecule has 33 heavy (non-hydrogen) atoms. The number of hydrogen-bond donors (Lipinski definition) is 2. The lowest BCUT2D eigenvalue weighted by molar-refractivity contribution is -0.122. The lowest BCUT2D eigenvalue weighted by Gasteiger charge is -2.17. The predicted molar refractivity (Wildman–Crippen MR) is 127 cm³/mol. The smallest absolute Gasteiger partial charge is 0.265 e. The van der Waals surface area contributed by atoms with Crippen LogP contribution in [0.1, 0.15) is 13.3 Å². The van der Waals surface area contributed by atoms with Gasteiger partial charge in [-0.25, -0.2) is 8.42 Å².